The molecule has 0 heterocycles. The molecular formula is C26H24. The summed E-state index contributed by atoms with van der Waals surface area (Å²) in [6.07, 6.45) is 0. The summed E-state index contributed by atoms with van der Waals surface area (Å²) in [7, 11) is 0. The van der Waals surface area contributed by atoms with Gasteiger partial charge in [0.05, 0.1) is 0 Å². The van der Waals surface area contributed by atoms with Crippen LogP contribution in [-0.4, -0.2) is 0 Å². The topological polar surface area (TPSA) is 0 Å². The summed E-state index contributed by atoms with van der Waals surface area (Å²) < 4.78 is 0. The molecule has 0 radical (unpaired) electrons. The van der Waals surface area contributed by atoms with E-state index < -0.39 is 0 Å². The van der Waals surface area contributed by atoms with Crippen molar-refractivity contribution in [3.05, 3.63) is 119 Å². The normalized spacial score (nSPS) is 11.7. The predicted octanol–water partition coefficient (Wildman–Crippen LogP) is 6.81. The Balaban J connectivity index is 2.00. The van der Waals surface area contributed by atoms with Gasteiger partial charge in [-0.25, -0.2) is 0 Å². The molecule has 0 aromatic heterocycles. The van der Waals surface area contributed by atoms with Gasteiger partial charge >= 0.3 is 0 Å². The molecule has 0 N–H and O–H groups in total. The Labute approximate surface area is 156 Å². The Bertz CT molecular complexity index is 1030. The number of benzene rings is 4. The Hall–Kier alpha value is -2.86. The van der Waals surface area contributed by atoms with Crippen molar-refractivity contribution in [2.75, 3.05) is 0 Å². The van der Waals surface area contributed by atoms with Crippen LogP contribution >= 0.6 is 0 Å². The van der Waals surface area contributed by atoms with Crippen LogP contribution in [-0.2, 0) is 5.41 Å². The fourth-order valence-electron chi connectivity index (χ4n) is 3.91. The van der Waals surface area contributed by atoms with Crippen molar-refractivity contribution in [2.24, 2.45) is 0 Å². The first-order valence-corrected chi connectivity index (χ1v) is 9.21. The lowest BCUT2D eigenvalue weighted by molar-refractivity contribution is 0.692. The number of hydrogen-bond donors (Lipinski definition) is 0. The molecule has 0 nitrogen and oxygen atoms in total. The Morgan fingerprint density at radius 3 is 1.62 bits per heavy atom. The van der Waals surface area contributed by atoms with E-state index in [-0.39, 0.29) is 5.41 Å². The molecule has 4 aromatic carbocycles. The van der Waals surface area contributed by atoms with Gasteiger partial charge in [-0.2, -0.15) is 0 Å². The molecule has 0 spiro atoms. The summed E-state index contributed by atoms with van der Waals surface area (Å²) in [5, 5.41) is 2.57. The summed E-state index contributed by atoms with van der Waals surface area (Å²) in [5.74, 6) is 0. The van der Waals surface area contributed by atoms with Gasteiger partial charge in [-0.3, -0.25) is 0 Å². The van der Waals surface area contributed by atoms with Gasteiger partial charge in [0.15, 0.2) is 0 Å². The largest absolute Gasteiger partial charge is 0.0617 e. The summed E-state index contributed by atoms with van der Waals surface area (Å²) in [5.41, 5.74) is 6.38. The molecule has 0 aliphatic carbocycles. The Kier molecular flexibility index (Phi) is 4.12. The summed E-state index contributed by atoms with van der Waals surface area (Å²) in [6.45, 7) is 6.68. The fourth-order valence-corrected chi connectivity index (χ4v) is 3.91. The molecule has 0 bridgehead atoms. The van der Waals surface area contributed by atoms with E-state index in [0.29, 0.717) is 0 Å². The van der Waals surface area contributed by atoms with Crippen LogP contribution in [0.15, 0.2) is 91.0 Å². The Morgan fingerprint density at radius 1 is 0.500 bits per heavy atom. The van der Waals surface area contributed by atoms with Gasteiger partial charge in [0.25, 0.3) is 0 Å². The minimum atomic E-state index is -0.192. The molecule has 0 aliphatic rings. The third-order valence-corrected chi connectivity index (χ3v) is 5.52. The standard InChI is InChI=1S/C26H24/c1-19-8-6-12-23(16-19)26(3,24-13-7-9-20(2)17-24)25-15-14-21-10-4-5-11-22(21)18-25/h4-18H,1-3H3. The van der Waals surface area contributed by atoms with E-state index in [1.54, 1.807) is 0 Å². The molecule has 0 unspecified atom stereocenters. The Morgan fingerprint density at radius 2 is 1.04 bits per heavy atom. The lowest BCUT2D eigenvalue weighted by atomic mass is 9.70. The van der Waals surface area contributed by atoms with Crippen molar-refractivity contribution in [1.29, 1.82) is 0 Å². The number of hydrogen-bond acceptors (Lipinski definition) is 0. The highest BCUT2D eigenvalue weighted by Crippen LogP contribution is 2.40. The average molecular weight is 336 g/mol. The smallest absolute Gasteiger partial charge is 0.0423 e. The first-order chi connectivity index (χ1) is 12.6. The lowest BCUT2D eigenvalue weighted by Crippen LogP contribution is -2.25. The van der Waals surface area contributed by atoms with E-state index in [1.165, 1.54) is 38.6 Å². The van der Waals surface area contributed by atoms with Crippen LogP contribution in [0.2, 0.25) is 0 Å². The third-order valence-electron chi connectivity index (χ3n) is 5.52. The predicted molar refractivity (Wildman–Crippen MR) is 112 cm³/mol. The molecule has 0 aliphatic heterocycles. The zero-order valence-corrected chi connectivity index (χ0v) is 15.7. The second kappa shape index (κ2) is 6.46. The fraction of sp³-hybridized carbons (Fsp3) is 0.154. The maximum atomic E-state index is 2.35. The van der Waals surface area contributed by atoms with Crippen LogP contribution in [0, 0.1) is 13.8 Å². The van der Waals surface area contributed by atoms with E-state index in [1.807, 2.05) is 0 Å². The van der Waals surface area contributed by atoms with Gasteiger partial charge in [-0.1, -0.05) is 96.1 Å². The van der Waals surface area contributed by atoms with Crippen LogP contribution in [0.4, 0.5) is 0 Å². The number of fused-ring (bicyclic) bond motifs is 1. The van der Waals surface area contributed by atoms with Crippen molar-refractivity contribution >= 4 is 10.8 Å². The van der Waals surface area contributed by atoms with Gasteiger partial charge in [-0.15, -0.1) is 0 Å². The van der Waals surface area contributed by atoms with Crippen molar-refractivity contribution in [1.82, 2.24) is 0 Å². The summed E-state index contributed by atoms with van der Waals surface area (Å²) in [4.78, 5) is 0. The van der Waals surface area contributed by atoms with Crippen molar-refractivity contribution < 1.29 is 0 Å². The van der Waals surface area contributed by atoms with Crippen LogP contribution in [0.3, 0.4) is 0 Å². The second-order valence-corrected chi connectivity index (χ2v) is 7.43. The molecule has 0 saturated carbocycles. The first kappa shape index (κ1) is 16.6. The molecule has 4 aromatic rings. The third kappa shape index (κ3) is 2.82. The van der Waals surface area contributed by atoms with Gasteiger partial charge in [-0.05, 0) is 54.3 Å². The zero-order chi connectivity index (χ0) is 18.1. The molecule has 4 rings (SSSR count). The van der Waals surface area contributed by atoms with Crippen molar-refractivity contribution in [3.8, 4) is 0 Å². The quantitative estimate of drug-likeness (QED) is 0.360. The maximum Gasteiger partial charge on any atom is 0.0423 e. The molecule has 26 heavy (non-hydrogen) atoms. The van der Waals surface area contributed by atoms with Gasteiger partial charge < -0.3 is 0 Å². The highest BCUT2D eigenvalue weighted by molar-refractivity contribution is 5.83. The highest BCUT2D eigenvalue weighted by atomic mass is 14.3. The molecule has 0 fully saturated rings. The first-order valence-electron chi connectivity index (χ1n) is 9.21. The molecule has 0 heteroatoms. The molecular weight excluding hydrogens is 312 g/mol. The minimum Gasteiger partial charge on any atom is -0.0617 e. The van der Waals surface area contributed by atoms with E-state index in [0.717, 1.165) is 0 Å². The number of rotatable bonds is 3. The van der Waals surface area contributed by atoms with E-state index in [4.69, 9.17) is 0 Å². The molecule has 0 amide bonds. The highest BCUT2D eigenvalue weighted by Gasteiger charge is 2.31. The number of aryl methyl sites for hydroxylation is 2. The van der Waals surface area contributed by atoms with Crippen molar-refractivity contribution in [2.45, 2.75) is 26.2 Å². The van der Waals surface area contributed by atoms with Crippen LogP contribution < -0.4 is 0 Å². The van der Waals surface area contributed by atoms with Crippen molar-refractivity contribution in [3.63, 3.8) is 0 Å². The van der Waals surface area contributed by atoms with Crippen LogP contribution in [0.5, 0.6) is 0 Å². The van der Waals surface area contributed by atoms with Crippen LogP contribution in [0.25, 0.3) is 10.8 Å². The van der Waals surface area contributed by atoms with Gasteiger partial charge in [0.1, 0.15) is 0 Å². The zero-order valence-electron chi connectivity index (χ0n) is 15.7. The lowest BCUT2D eigenvalue weighted by Gasteiger charge is -2.32. The second-order valence-electron chi connectivity index (χ2n) is 7.43. The van der Waals surface area contributed by atoms with Gasteiger partial charge in [0.2, 0.25) is 0 Å². The van der Waals surface area contributed by atoms with E-state index in [9.17, 15) is 0 Å². The summed E-state index contributed by atoms with van der Waals surface area (Å²) in [6, 6.07) is 33.3. The minimum absolute atomic E-state index is 0.192. The SMILES string of the molecule is Cc1cccc(C(C)(c2cccc(C)c2)c2ccc3ccccc3c2)c1. The summed E-state index contributed by atoms with van der Waals surface area (Å²) >= 11 is 0. The average Bonchev–Trinajstić information content (AvgIpc) is 2.67. The molecule has 0 atom stereocenters. The van der Waals surface area contributed by atoms with E-state index >= 15 is 0 Å². The molecule has 0 saturated heterocycles. The van der Waals surface area contributed by atoms with Gasteiger partial charge in [0, 0.05) is 5.41 Å². The van der Waals surface area contributed by atoms with E-state index in [2.05, 4.69) is 112 Å². The molecule has 128 valence electrons. The van der Waals surface area contributed by atoms with Crippen LogP contribution in [0.1, 0.15) is 34.7 Å². The monoisotopic (exact) mass is 336 g/mol. The maximum absolute atomic E-state index is 2.35.